The van der Waals surface area contributed by atoms with E-state index < -0.39 is 16.0 Å². The first-order valence-corrected chi connectivity index (χ1v) is 9.13. The van der Waals surface area contributed by atoms with Crippen molar-refractivity contribution >= 4 is 50.3 Å². The highest BCUT2D eigenvalue weighted by Gasteiger charge is 2.23. The molecule has 1 aromatic heterocycles. The summed E-state index contributed by atoms with van der Waals surface area (Å²) in [5, 5.41) is 9.47. The van der Waals surface area contributed by atoms with Gasteiger partial charge in [-0.1, -0.05) is 17.7 Å². The van der Waals surface area contributed by atoms with Gasteiger partial charge in [-0.15, -0.1) is 11.3 Å². The van der Waals surface area contributed by atoms with Crippen molar-refractivity contribution in [2.75, 3.05) is 23.7 Å². The van der Waals surface area contributed by atoms with Crippen LogP contribution in [0.25, 0.3) is 0 Å². The number of aromatic carboxylic acids is 1. The van der Waals surface area contributed by atoms with Gasteiger partial charge in [0.1, 0.15) is 9.09 Å². The molecule has 124 valence electrons. The quantitative estimate of drug-likeness (QED) is 0.838. The molecule has 9 heteroatoms. The molecule has 0 radical (unpaired) electrons. The molecule has 0 bridgehead atoms. The third kappa shape index (κ3) is 3.60. The monoisotopic (exact) mass is 374 g/mol. The number of sulfonamides is 1. The summed E-state index contributed by atoms with van der Waals surface area (Å²) in [5.74, 6) is -1.15. The number of thiophene rings is 1. The van der Waals surface area contributed by atoms with Gasteiger partial charge >= 0.3 is 5.97 Å². The van der Waals surface area contributed by atoms with E-state index in [9.17, 15) is 13.2 Å². The van der Waals surface area contributed by atoms with Crippen LogP contribution in [-0.4, -0.2) is 33.6 Å². The summed E-state index contributed by atoms with van der Waals surface area (Å²) in [6.45, 7) is 1.56. The van der Waals surface area contributed by atoms with Crippen LogP contribution in [-0.2, 0) is 10.0 Å². The van der Waals surface area contributed by atoms with Gasteiger partial charge in [0, 0.05) is 14.1 Å². The number of aryl methyl sites for hydroxylation is 1. The van der Waals surface area contributed by atoms with E-state index >= 15 is 0 Å². The van der Waals surface area contributed by atoms with Gasteiger partial charge in [0.2, 0.25) is 0 Å². The molecule has 6 nitrogen and oxygen atoms in total. The Kier molecular flexibility index (Phi) is 4.88. The molecule has 0 unspecified atom stereocenters. The van der Waals surface area contributed by atoms with Crippen LogP contribution < -0.4 is 9.62 Å². The molecule has 2 rings (SSSR count). The molecule has 2 N–H and O–H groups in total. The molecule has 0 saturated carbocycles. The number of rotatable bonds is 5. The molecule has 0 atom stereocenters. The lowest BCUT2D eigenvalue weighted by Gasteiger charge is -2.19. The Morgan fingerprint density at radius 3 is 2.52 bits per heavy atom. The molecule has 0 aliphatic rings. The Balaban J connectivity index is 2.46. The normalized spacial score (nSPS) is 11.3. The molecule has 0 fully saturated rings. The summed E-state index contributed by atoms with van der Waals surface area (Å²) < 4.78 is 27.5. The van der Waals surface area contributed by atoms with Gasteiger partial charge in [-0.05, 0) is 30.7 Å². The summed E-state index contributed by atoms with van der Waals surface area (Å²) in [7, 11) is -0.408. The van der Waals surface area contributed by atoms with Crippen molar-refractivity contribution in [3.63, 3.8) is 0 Å². The standard InChI is InChI=1S/C14H15ClN2O4S2/c1-8-7-11(22-13(8)14(18)19)23(20,21)16-10-6-4-5-9(15)12(10)17(2)3/h4-7,16H,1-3H3,(H,18,19). The molecule has 2 aromatic rings. The highest BCUT2D eigenvalue weighted by atomic mass is 35.5. The van der Waals surface area contributed by atoms with Gasteiger partial charge in [-0.25, -0.2) is 13.2 Å². The van der Waals surface area contributed by atoms with Crippen molar-refractivity contribution in [3.05, 3.63) is 39.7 Å². The lowest BCUT2D eigenvalue weighted by molar-refractivity contribution is 0.0701. The fourth-order valence-electron chi connectivity index (χ4n) is 2.04. The Labute approximate surface area is 143 Å². The minimum absolute atomic E-state index is 0.00398. The number of anilines is 2. The zero-order valence-corrected chi connectivity index (χ0v) is 15.0. The second-order valence-electron chi connectivity index (χ2n) is 5.02. The molecule has 0 aliphatic heterocycles. The largest absolute Gasteiger partial charge is 0.477 e. The summed E-state index contributed by atoms with van der Waals surface area (Å²) in [6.07, 6.45) is 0. The van der Waals surface area contributed by atoms with Gasteiger partial charge in [0.15, 0.2) is 0 Å². The molecule has 0 saturated heterocycles. The van der Waals surface area contributed by atoms with E-state index in [1.807, 2.05) is 0 Å². The molecule has 1 aromatic carbocycles. The maximum atomic E-state index is 12.5. The second kappa shape index (κ2) is 6.38. The van der Waals surface area contributed by atoms with Crippen LogP contribution in [0.3, 0.4) is 0 Å². The molecule has 0 amide bonds. The van der Waals surface area contributed by atoms with Crippen molar-refractivity contribution in [2.24, 2.45) is 0 Å². The number of nitrogens with zero attached hydrogens (tertiary/aromatic N) is 1. The van der Waals surface area contributed by atoms with Gasteiger partial charge in [-0.3, -0.25) is 4.72 Å². The number of para-hydroxylation sites is 1. The topological polar surface area (TPSA) is 86.7 Å². The summed E-state index contributed by atoms with van der Waals surface area (Å²) in [5.41, 5.74) is 1.26. The Hall–Kier alpha value is -1.77. The van der Waals surface area contributed by atoms with Crippen LogP contribution in [0.2, 0.25) is 5.02 Å². The number of nitrogens with one attached hydrogen (secondary N) is 1. The van der Waals surface area contributed by atoms with Crippen LogP contribution >= 0.6 is 22.9 Å². The average Bonchev–Trinajstić information content (AvgIpc) is 2.81. The second-order valence-corrected chi connectivity index (χ2v) is 8.39. The molecular weight excluding hydrogens is 360 g/mol. The van der Waals surface area contributed by atoms with Gasteiger partial charge in [0.25, 0.3) is 10.0 Å². The van der Waals surface area contributed by atoms with Crippen LogP contribution in [0.4, 0.5) is 11.4 Å². The van der Waals surface area contributed by atoms with Crippen LogP contribution in [0.5, 0.6) is 0 Å². The fraction of sp³-hybridized carbons (Fsp3) is 0.214. The van der Waals surface area contributed by atoms with Crippen LogP contribution in [0.15, 0.2) is 28.5 Å². The van der Waals surface area contributed by atoms with Gasteiger partial charge in [-0.2, -0.15) is 0 Å². The number of hydrogen-bond acceptors (Lipinski definition) is 5. The summed E-state index contributed by atoms with van der Waals surface area (Å²) in [6, 6.07) is 6.23. The van der Waals surface area contributed by atoms with Gasteiger partial charge in [0.05, 0.1) is 16.4 Å². The van der Waals surface area contributed by atoms with E-state index in [1.54, 1.807) is 44.1 Å². The zero-order chi connectivity index (χ0) is 17.4. The minimum atomic E-state index is -3.90. The van der Waals surface area contributed by atoms with Crippen molar-refractivity contribution in [1.29, 1.82) is 0 Å². The molecular formula is C14H15ClN2O4S2. The number of carboxylic acid groups (broad SMARTS) is 1. The third-order valence-corrected chi connectivity index (χ3v) is 6.40. The molecule has 23 heavy (non-hydrogen) atoms. The Morgan fingerprint density at radius 2 is 2.00 bits per heavy atom. The molecule has 0 spiro atoms. The maximum Gasteiger partial charge on any atom is 0.346 e. The van der Waals surface area contributed by atoms with Crippen molar-refractivity contribution in [3.8, 4) is 0 Å². The van der Waals surface area contributed by atoms with Crippen LogP contribution in [0, 0.1) is 6.92 Å². The van der Waals surface area contributed by atoms with Crippen LogP contribution in [0.1, 0.15) is 15.2 Å². The number of benzene rings is 1. The van der Waals surface area contributed by atoms with Crippen molar-refractivity contribution in [1.82, 2.24) is 0 Å². The smallest absolute Gasteiger partial charge is 0.346 e. The number of halogens is 1. The average molecular weight is 375 g/mol. The zero-order valence-electron chi connectivity index (χ0n) is 12.6. The number of carbonyl (C=O) groups is 1. The van der Waals surface area contributed by atoms with E-state index in [4.69, 9.17) is 16.7 Å². The predicted octanol–water partition coefficient (Wildman–Crippen LogP) is 3.27. The number of hydrogen-bond donors (Lipinski definition) is 2. The highest BCUT2D eigenvalue weighted by Crippen LogP contribution is 2.35. The van der Waals surface area contributed by atoms with E-state index in [-0.39, 0.29) is 9.09 Å². The maximum absolute atomic E-state index is 12.5. The fourth-order valence-corrected chi connectivity index (χ4v) is 4.83. The first-order valence-electron chi connectivity index (χ1n) is 6.46. The predicted molar refractivity (Wildman–Crippen MR) is 92.6 cm³/mol. The summed E-state index contributed by atoms with van der Waals surface area (Å²) >= 11 is 6.83. The minimum Gasteiger partial charge on any atom is -0.477 e. The summed E-state index contributed by atoms with van der Waals surface area (Å²) in [4.78, 5) is 12.8. The first-order chi connectivity index (χ1) is 10.6. The molecule has 1 heterocycles. The van der Waals surface area contributed by atoms with Crippen molar-refractivity contribution < 1.29 is 18.3 Å². The molecule has 0 aliphatic carbocycles. The first kappa shape index (κ1) is 17.6. The van der Waals surface area contributed by atoms with E-state index in [0.29, 0.717) is 33.3 Å². The lowest BCUT2D eigenvalue weighted by Crippen LogP contribution is -2.17. The van der Waals surface area contributed by atoms with E-state index in [1.165, 1.54) is 6.07 Å². The van der Waals surface area contributed by atoms with E-state index in [0.717, 1.165) is 0 Å². The Bertz CT molecular complexity index is 860. The van der Waals surface area contributed by atoms with Gasteiger partial charge < -0.3 is 10.0 Å². The lowest BCUT2D eigenvalue weighted by atomic mass is 10.2. The van der Waals surface area contributed by atoms with E-state index in [2.05, 4.69) is 4.72 Å². The SMILES string of the molecule is Cc1cc(S(=O)(=O)Nc2cccc(Cl)c2N(C)C)sc1C(=O)O. The third-order valence-electron chi connectivity index (χ3n) is 3.03. The number of carboxylic acids is 1. The highest BCUT2D eigenvalue weighted by molar-refractivity contribution is 7.94. The Morgan fingerprint density at radius 1 is 1.35 bits per heavy atom. The van der Waals surface area contributed by atoms with Crippen molar-refractivity contribution in [2.45, 2.75) is 11.1 Å².